The number of anilines is 1. The van der Waals surface area contributed by atoms with Gasteiger partial charge in [0.15, 0.2) is 0 Å². The summed E-state index contributed by atoms with van der Waals surface area (Å²) >= 11 is 3.37. The Morgan fingerprint density at radius 2 is 1.80 bits per heavy atom. The van der Waals surface area contributed by atoms with E-state index in [4.69, 9.17) is 0 Å². The summed E-state index contributed by atoms with van der Waals surface area (Å²) in [6, 6.07) is 15.1. The van der Waals surface area contributed by atoms with Crippen molar-refractivity contribution in [1.29, 1.82) is 0 Å². The summed E-state index contributed by atoms with van der Waals surface area (Å²) < 4.78 is 42.0. The number of ether oxygens (including phenoxy) is 1. The zero-order valence-electron chi connectivity index (χ0n) is 15.7. The van der Waals surface area contributed by atoms with Crippen molar-refractivity contribution in [2.24, 2.45) is 0 Å². The molecule has 30 heavy (non-hydrogen) atoms. The number of aromatic amines is 1. The Bertz CT molecular complexity index is 1110. The number of nitrogens with zero attached hydrogens (tertiary/aromatic N) is 1. The van der Waals surface area contributed by atoms with Gasteiger partial charge in [-0.2, -0.15) is 0 Å². The van der Waals surface area contributed by atoms with Crippen molar-refractivity contribution in [3.05, 3.63) is 92.3 Å². The number of carbonyl (C=O) groups excluding carboxylic acids is 1. The predicted octanol–water partition coefficient (Wildman–Crippen LogP) is 5.19. The number of carbonyl (C=O) groups is 1. The van der Waals surface area contributed by atoms with Crippen molar-refractivity contribution in [3.63, 3.8) is 0 Å². The molecule has 3 aromatic rings. The lowest BCUT2D eigenvalue weighted by Crippen LogP contribution is -2.34. The maximum Gasteiger partial charge on any atom is 0.573 e. The number of rotatable bonds is 5. The van der Waals surface area contributed by atoms with Crippen LogP contribution in [-0.4, -0.2) is 17.3 Å². The maximum atomic E-state index is 13.2. The molecule has 1 heterocycles. The molecule has 2 aromatic carbocycles. The minimum absolute atomic E-state index is 0.0776. The van der Waals surface area contributed by atoms with Gasteiger partial charge in [-0.3, -0.25) is 9.59 Å². The Balaban J connectivity index is 1.98. The van der Waals surface area contributed by atoms with E-state index in [0.717, 1.165) is 22.2 Å². The van der Waals surface area contributed by atoms with Gasteiger partial charge in [0, 0.05) is 15.9 Å². The second-order valence-electron chi connectivity index (χ2n) is 6.45. The lowest BCUT2D eigenvalue weighted by atomic mass is 10.1. The minimum atomic E-state index is -4.82. The highest BCUT2D eigenvalue weighted by Gasteiger charge is 2.31. The molecule has 0 bridgehead atoms. The van der Waals surface area contributed by atoms with Crippen molar-refractivity contribution in [2.75, 3.05) is 4.90 Å². The summed E-state index contributed by atoms with van der Waals surface area (Å²) in [6.07, 6.45) is -4.82. The predicted molar refractivity (Wildman–Crippen MR) is 110 cm³/mol. The van der Waals surface area contributed by atoms with Gasteiger partial charge in [-0.15, -0.1) is 13.2 Å². The molecule has 9 heteroatoms. The van der Waals surface area contributed by atoms with Crippen molar-refractivity contribution >= 4 is 27.5 Å². The number of hydrogen-bond acceptors (Lipinski definition) is 3. The number of aryl methyl sites for hydroxylation is 1. The fraction of sp³-hybridized carbons (Fsp3) is 0.143. The number of H-pyrrole nitrogens is 1. The van der Waals surface area contributed by atoms with Crippen LogP contribution in [0.1, 0.15) is 21.6 Å². The molecule has 0 aliphatic rings. The third-order valence-corrected chi connectivity index (χ3v) is 4.64. The summed E-state index contributed by atoms with van der Waals surface area (Å²) in [7, 11) is 0. The number of alkyl halides is 3. The van der Waals surface area contributed by atoms with Gasteiger partial charge in [-0.05, 0) is 61.0 Å². The first-order valence-corrected chi connectivity index (χ1v) is 9.54. The van der Waals surface area contributed by atoms with Crippen LogP contribution in [0.2, 0.25) is 0 Å². The molecule has 1 aromatic heterocycles. The molecule has 1 amide bonds. The van der Waals surface area contributed by atoms with E-state index in [1.54, 1.807) is 31.2 Å². The summed E-state index contributed by atoms with van der Waals surface area (Å²) in [5, 5.41) is 0. The highest BCUT2D eigenvalue weighted by atomic mass is 79.9. The van der Waals surface area contributed by atoms with E-state index in [-0.39, 0.29) is 12.1 Å². The van der Waals surface area contributed by atoms with Gasteiger partial charge in [0.2, 0.25) is 0 Å². The molecule has 0 radical (unpaired) electrons. The highest BCUT2D eigenvalue weighted by molar-refractivity contribution is 9.10. The second kappa shape index (κ2) is 8.74. The quantitative estimate of drug-likeness (QED) is 0.546. The maximum absolute atomic E-state index is 13.2. The van der Waals surface area contributed by atoms with Crippen LogP contribution in [0.5, 0.6) is 5.75 Å². The molecule has 0 fully saturated rings. The smallest absolute Gasteiger partial charge is 0.406 e. The zero-order chi connectivity index (χ0) is 21.9. The topological polar surface area (TPSA) is 62.4 Å². The van der Waals surface area contributed by atoms with E-state index in [1.165, 1.54) is 23.1 Å². The number of amides is 1. The van der Waals surface area contributed by atoms with Crippen LogP contribution in [0.15, 0.2) is 69.9 Å². The number of aromatic nitrogens is 1. The van der Waals surface area contributed by atoms with E-state index in [2.05, 4.69) is 25.7 Å². The molecule has 3 rings (SSSR count). The minimum Gasteiger partial charge on any atom is -0.406 e. The molecular formula is C21H16BrF3N2O3. The first-order valence-electron chi connectivity index (χ1n) is 8.74. The number of halogens is 4. The van der Waals surface area contributed by atoms with Crippen molar-refractivity contribution in [1.82, 2.24) is 4.98 Å². The molecule has 156 valence electrons. The first-order chi connectivity index (χ1) is 14.1. The second-order valence-corrected chi connectivity index (χ2v) is 7.36. The van der Waals surface area contributed by atoms with Gasteiger partial charge in [-0.25, -0.2) is 0 Å². The molecule has 1 N–H and O–H groups in total. The summed E-state index contributed by atoms with van der Waals surface area (Å²) in [4.78, 5) is 29.3. The summed E-state index contributed by atoms with van der Waals surface area (Å²) in [6.45, 7) is 1.79. The molecule has 0 saturated carbocycles. The van der Waals surface area contributed by atoms with Gasteiger partial charge in [0.25, 0.3) is 11.5 Å². The summed E-state index contributed by atoms with van der Waals surface area (Å²) in [5.41, 5.74) is 1.05. The number of nitrogens with one attached hydrogen (secondary N) is 1. The van der Waals surface area contributed by atoms with Gasteiger partial charge < -0.3 is 14.6 Å². The average Bonchev–Trinajstić information content (AvgIpc) is 2.65. The average molecular weight is 481 g/mol. The highest BCUT2D eigenvalue weighted by Crippen LogP contribution is 2.27. The third kappa shape index (κ3) is 5.50. The normalized spacial score (nSPS) is 11.2. The zero-order valence-corrected chi connectivity index (χ0v) is 17.3. The molecular weight excluding hydrogens is 465 g/mol. The standard InChI is InChI=1S/C21H16BrF3N2O3/c1-13-5-10-18(19(28)26-13)20(29)27(12-14-3-2-4-15(22)11-14)16-6-8-17(9-7-16)30-21(23,24)25/h2-11H,12H2,1H3,(H,26,28). The molecule has 0 spiro atoms. The van der Waals surface area contributed by atoms with Crippen LogP contribution in [-0.2, 0) is 6.54 Å². The van der Waals surface area contributed by atoms with E-state index >= 15 is 0 Å². The number of benzene rings is 2. The van der Waals surface area contributed by atoms with E-state index in [1.807, 2.05) is 6.07 Å². The Kier molecular flexibility index (Phi) is 6.31. The Labute approximate surface area is 178 Å². The van der Waals surface area contributed by atoms with E-state index in [9.17, 15) is 22.8 Å². The van der Waals surface area contributed by atoms with Crippen LogP contribution in [0.25, 0.3) is 0 Å². The third-order valence-electron chi connectivity index (χ3n) is 4.14. The Morgan fingerprint density at radius 3 is 2.40 bits per heavy atom. The van der Waals surface area contributed by atoms with E-state index < -0.39 is 23.6 Å². The molecule has 0 saturated heterocycles. The first kappa shape index (κ1) is 21.6. The number of pyridine rings is 1. The fourth-order valence-corrected chi connectivity index (χ4v) is 3.26. The molecule has 0 aliphatic carbocycles. The fourth-order valence-electron chi connectivity index (χ4n) is 2.81. The lowest BCUT2D eigenvalue weighted by Gasteiger charge is -2.23. The molecule has 0 aliphatic heterocycles. The van der Waals surface area contributed by atoms with Crippen LogP contribution in [0.3, 0.4) is 0 Å². The van der Waals surface area contributed by atoms with Crippen LogP contribution < -0.4 is 15.2 Å². The van der Waals surface area contributed by atoms with Crippen molar-refractivity contribution in [2.45, 2.75) is 19.8 Å². The summed E-state index contributed by atoms with van der Waals surface area (Å²) in [5.74, 6) is -0.991. The Hall–Kier alpha value is -3.07. The lowest BCUT2D eigenvalue weighted by molar-refractivity contribution is -0.274. The van der Waals surface area contributed by atoms with Crippen molar-refractivity contribution < 1.29 is 22.7 Å². The molecule has 0 atom stereocenters. The SMILES string of the molecule is Cc1ccc(C(=O)N(Cc2cccc(Br)c2)c2ccc(OC(F)(F)F)cc2)c(=O)[nH]1. The van der Waals surface area contributed by atoms with E-state index in [0.29, 0.717) is 11.4 Å². The van der Waals surface area contributed by atoms with Gasteiger partial charge in [0.1, 0.15) is 11.3 Å². The molecule has 0 unspecified atom stereocenters. The van der Waals surface area contributed by atoms with Gasteiger partial charge in [-0.1, -0.05) is 28.1 Å². The van der Waals surface area contributed by atoms with Crippen LogP contribution >= 0.6 is 15.9 Å². The van der Waals surface area contributed by atoms with Crippen LogP contribution in [0, 0.1) is 6.92 Å². The monoisotopic (exact) mass is 480 g/mol. The molecule has 5 nitrogen and oxygen atoms in total. The van der Waals surface area contributed by atoms with Crippen molar-refractivity contribution in [3.8, 4) is 5.75 Å². The number of hydrogen-bond donors (Lipinski definition) is 1. The Morgan fingerprint density at radius 1 is 1.10 bits per heavy atom. The largest absolute Gasteiger partial charge is 0.573 e. The van der Waals surface area contributed by atoms with Crippen LogP contribution in [0.4, 0.5) is 18.9 Å². The van der Waals surface area contributed by atoms with Gasteiger partial charge >= 0.3 is 6.36 Å². The van der Waals surface area contributed by atoms with Gasteiger partial charge in [0.05, 0.1) is 6.54 Å².